The number of piperidine rings is 1. The number of likely N-dealkylation sites (tertiary alicyclic amines) is 1. The van der Waals surface area contributed by atoms with E-state index in [4.69, 9.17) is 0 Å². The second-order valence-corrected chi connectivity index (χ2v) is 12.1. The minimum Gasteiger partial charge on any atom is -0.352 e. The van der Waals surface area contributed by atoms with Crippen LogP contribution >= 0.6 is 0 Å². The van der Waals surface area contributed by atoms with Crippen molar-refractivity contribution < 1.29 is 13.2 Å². The SMILES string of the molecule is C=C1CCN([C@@H](Cc2ccccc2)C(=O)NC2CCN(Cc3ccccc3)CC2)S(=O)(=O)c2ccccc21. The number of hydrogen-bond donors (Lipinski definition) is 1. The summed E-state index contributed by atoms with van der Waals surface area (Å²) in [5.41, 5.74) is 3.62. The summed E-state index contributed by atoms with van der Waals surface area (Å²) in [5, 5.41) is 3.22. The van der Waals surface area contributed by atoms with E-state index in [-0.39, 0.29) is 23.4 Å². The first-order valence-corrected chi connectivity index (χ1v) is 14.8. The van der Waals surface area contributed by atoms with Crippen molar-refractivity contribution >= 4 is 21.5 Å². The highest BCUT2D eigenvalue weighted by Crippen LogP contribution is 2.33. The molecule has 2 aliphatic heterocycles. The van der Waals surface area contributed by atoms with Gasteiger partial charge in [0, 0.05) is 32.2 Å². The topological polar surface area (TPSA) is 69.7 Å². The maximum atomic E-state index is 13.9. The van der Waals surface area contributed by atoms with Crippen molar-refractivity contribution in [1.29, 1.82) is 0 Å². The number of sulfonamides is 1. The van der Waals surface area contributed by atoms with E-state index in [0.717, 1.165) is 43.6 Å². The number of carbonyl (C=O) groups excluding carboxylic acids is 1. The van der Waals surface area contributed by atoms with E-state index in [9.17, 15) is 13.2 Å². The van der Waals surface area contributed by atoms with Gasteiger partial charge < -0.3 is 5.32 Å². The summed E-state index contributed by atoms with van der Waals surface area (Å²) in [7, 11) is -3.90. The molecule has 1 saturated heterocycles. The number of hydrogen-bond acceptors (Lipinski definition) is 4. The molecule has 1 amide bonds. The first-order valence-electron chi connectivity index (χ1n) is 13.3. The maximum absolute atomic E-state index is 13.9. The number of nitrogens with zero attached hydrogens (tertiary/aromatic N) is 2. The molecule has 1 fully saturated rings. The quantitative estimate of drug-likeness (QED) is 0.490. The van der Waals surface area contributed by atoms with Gasteiger partial charge in [-0.05, 0) is 54.0 Å². The van der Waals surface area contributed by atoms with Crippen molar-refractivity contribution in [1.82, 2.24) is 14.5 Å². The smallest absolute Gasteiger partial charge is 0.244 e. The first-order chi connectivity index (χ1) is 18.4. The van der Waals surface area contributed by atoms with Crippen LogP contribution in [0.2, 0.25) is 0 Å². The summed E-state index contributed by atoms with van der Waals surface area (Å²) in [6, 6.07) is 26.2. The molecule has 1 N–H and O–H groups in total. The standard InChI is InChI=1S/C31H35N3O3S/c1-24-16-21-34(38(36,37)30-15-9-8-14-28(24)30)29(22-25-10-4-2-5-11-25)31(35)32-27-17-19-33(20-18-27)23-26-12-6-3-7-13-26/h2-15,27,29H,1,16-23H2,(H,32,35)/t29-/m0/s1. The monoisotopic (exact) mass is 529 g/mol. The third kappa shape index (κ3) is 5.90. The van der Waals surface area contributed by atoms with Crippen LogP contribution in [0.1, 0.15) is 36.0 Å². The van der Waals surface area contributed by atoms with E-state index in [2.05, 4.69) is 41.1 Å². The molecule has 3 aromatic rings. The van der Waals surface area contributed by atoms with Crippen molar-refractivity contribution in [3.8, 4) is 0 Å². The number of nitrogens with one attached hydrogen (secondary N) is 1. The molecule has 3 aromatic carbocycles. The highest BCUT2D eigenvalue weighted by molar-refractivity contribution is 7.89. The zero-order chi connectivity index (χ0) is 26.5. The van der Waals surface area contributed by atoms with Crippen molar-refractivity contribution in [3.63, 3.8) is 0 Å². The third-order valence-electron chi connectivity index (χ3n) is 7.59. The molecule has 0 unspecified atom stereocenters. The van der Waals surface area contributed by atoms with E-state index >= 15 is 0 Å². The fourth-order valence-electron chi connectivity index (χ4n) is 5.47. The third-order valence-corrected chi connectivity index (χ3v) is 9.56. The van der Waals surface area contributed by atoms with Crippen molar-refractivity contribution in [2.45, 2.75) is 49.2 Å². The Bertz CT molecular complexity index is 1370. The van der Waals surface area contributed by atoms with Gasteiger partial charge in [0.05, 0.1) is 4.90 Å². The molecular formula is C31H35N3O3S. The van der Waals surface area contributed by atoms with Crippen LogP contribution in [0.4, 0.5) is 0 Å². The average molecular weight is 530 g/mol. The lowest BCUT2D eigenvalue weighted by molar-refractivity contribution is -0.125. The fraction of sp³-hybridized carbons (Fsp3) is 0.323. The second-order valence-electron chi connectivity index (χ2n) is 10.2. The van der Waals surface area contributed by atoms with Crippen LogP contribution < -0.4 is 5.32 Å². The van der Waals surface area contributed by atoms with E-state index in [0.29, 0.717) is 18.4 Å². The van der Waals surface area contributed by atoms with Gasteiger partial charge >= 0.3 is 0 Å². The molecule has 0 aliphatic carbocycles. The predicted octanol–water partition coefficient (Wildman–Crippen LogP) is 4.49. The van der Waals surface area contributed by atoms with Gasteiger partial charge in [-0.25, -0.2) is 8.42 Å². The highest BCUT2D eigenvalue weighted by atomic mass is 32.2. The Kier molecular flexibility index (Phi) is 8.07. The van der Waals surface area contributed by atoms with Gasteiger partial charge in [-0.15, -0.1) is 0 Å². The summed E-state index contributed by atoms with van der Waals surface area (Å²) in [6.45, 7) is 7.03. The van der Waals surface area contributed by atoms with Crippen LogP contribution in [0.5, 0.6) is 0 Å². The number of amides is 1. The number of rotatable bonds is 7. The summed E-state index contributed by atoms with van der Waals surface area (Å²) >= 11 is 0. The van der Waals surface area contributed by atoms with Crippen LogP contribution in [0.3, 0.4) is 0 Å². The molecule has 0 aromatic heterocycles. The molecule has 5 rings (SSSR count). The van der Waals surface area contributed by atoms with E-state index < -0.39 is 16.1 Å². The van der Waals surface area contributed by atoms with E-state index in [1.807, 2.05) is 42.5 Å². The predicted molar refractivity (Wildman–Crippen MR) is 151 cm³/mol. The van der Waals surface area contributed by atoms with Gasteiger partial charge in [-0.1, -0.05) is 85.4 Å². The first kappa shape index (κ1) is 26.4. The van der Waals surface area contributed by atoms with Crippen LogP contribution in [-0.2, 0) is 27.8 Å². The molecule has 1 atom stereocenters. The van der Waals surface area contributed by atoms with Crippen LogP contribution in [0, 0.1) is 0 Å². The van der Waals surface area contributed by atoms with Crippen molar-refractivity contribution in [2.24, 2.45) is 0 Å². The Morgan fingerprint density at radius 3 is 2.16 bits per heavy atom. The van der Waals surface area contributed by atoms with E-state index in [1.54, 1.807) is 18.2 Å². The Hall–Kier alpha value is -3.26. The molecule has 0 bridgehead atoms. The largest absolute Gasteiger partial charge is 0.352 e. The van der Waals surface area contributed by atoms with E-state index in [1.165, 1.54) is 9.87 Å². The minimum atomic E-state index is -3.90. The van der Waals surface area contributed by atoms with Crippen molar-refractivity contribution in [3.05, 3.63) is 108 Å². The fourth-order valence-corrected chi connectivity index (χ4v) is 7.30. The molecule has 0 radical (unpaired) electrons. The average Bonchev–Trinajstić information content (AvgIpc) is 3.03. The number of fused-ring (bicyclic) bond motifs is 1. The molecule has 2 aliphatic rings. The molecule has 2 heterocycles. The molecule has 38 heavy (non-hydrogen) atoms. The van der Waals surface area contributed by atoms with Crippen LogP contribution in [-0.4, -0.2) is 55.2 Å². The summed E-state index contributed by atoms with van der Waals surface area (Å²) in [6.07, 6.45) is 2.46. The Balaban J connectivity index is 1.34. The summed E-state index contributed by atoms with van der Waals surface area (Å²) < 4.78 is 29.2. The van der Waals surface area contributed by atoms with Gasteiger partial charge in [0.25, 0.3) is 0 Å². The normalized spacial score (nSPS) is 19.3. The second kappa shape index (κ2) is 11.6. The van der Waals surface area contributed by atoms with Crippen LogP contribution in [0.25, 0.3) is 5.57 Å². The molecule has 7 heteroatoms. The van der Waals surface area contributed by atoms with Crippen molar-refractivity contribution in [2.75, 3.05) is 19.6 Å². The Morgan fingerprint density at radius 1 is 0.868 bits per heavy atom. The lowest BCUT2D eigenvalue weighted by Crippen LogP contribution is -2.54. The minimum absolute atomic E-state index is 0.0183. The lowest BCUT2D eigenvalue weighted by atomic mass is 10.0. The highest BCUT2D eigenvalue weighted by Gasteiger charge is 2.39. The zero-order valence-corrected chi connectivity index (χ0v) is 22.4. The lowest BCUT2D eigenvalue weighted by Gasteiger charge is -2.35. The Morgan fingerprint density at radius 2 is 1.47 bits per heavy atom. The molecule has 0 saturated carbocycles. The number of benzene rings is 3. The summed E-state index contributed by atoms with van der Waals surface area (Å²) in [5.74, 6) is -0.232. The Labute approximate surface area is 226 Å². The molecule has 198 valence electrons. The van der Waals surface area contributed by atoms with Gasteiger partial charge in [0.15, 0.2) is 0 Å². The summed E-state index contributed by atoms with van der Waals surface area (Å²) in [4.78, 5) is 16.5. The van der Waals surface area contributed by atoms with Gasteiger partial charge in [0.2, 0.25) is 15.9 Å². The molecular weight excluding hydrogens is 494 g/mol. The molecule has 0 spiro atoms. The number of carbonyl (C=O) groups is 1. The maximum Gasteiger partial charge on any atom is 0.244 e. The van der Waals surface area contributed by atoms with Crippen LogP contribution in [0.15, 0.2) is 96.4 Å². The van der Waals surface area contributed by atoms with Gasteiger partial charge in [0.1, 0.15) is 6.04 Å². The zero-order valence-electron chi connectivity index (χ0n) is 21.6. The molecule has 6 nitrogen and oxygen atoms in total. The van der Waals surface area contributed by atoms with Gasteiger partial charge in [-0.3, -0.25) is 9.69 Å². The van der Waals surface area contributed by atoms with Gasteiger partial charge in [-0.2, -0.15) is 4.31 Å².